The molecule has 0 fully saturated rings. The van der Waals surface area contributed by atoms with Crippen molar-refractivity contribution in [3.05, 3.63) is 0 Å². The van der Waals surface area contributed by atoms with E-state index in [1.54, 1.807) is 0 Å². The van der Waals surface area contributed by atoms with Crippen molar-refractivity contribution in [3.63, 3.8) is 0 Å². The number of carboxylic acid groups (broad SMARTS) is 1. The van der Waals surface area contributed by atoms with E-state index in [4.69, 9.17) is 19.3 Å². The van der Waals surface area contributed by atoms with Crippen LogP contribution in [0.15, 0.2) is 0 Å². The molecular formula is C15H26O7. The van der Waals surface area contributed by atoms with Crippen LogP contribution < -0.4 is 0 Å². The van der Waals surface area contributed by atoms with Gasteiger partial charge in [-0.25, -0.2) is 4.79 Å². The maximum Gasteiger partial charge on any atom is 0.372 e. The molecule has 0 aromatic rings. The van der Waals surface area contributed by atoms with Crippen molar-refractivity contribution in [2.24, 2.45) is 0 Å². The summed E-state index contributed by atoms with van der Waals surface area (Å²) in [7, 11) is 0. The number of ether oxygens (including phenoxy) is 3. The molecule has 0 aliphatic rings. The van der Waals surface area contributed by atoms with E-state index < -0.39 is 17.7 Å². The smallest absolute Gasteiger partial charge is 0.372 e. The van der Waals surface area contributed by atoms with Crippen LogP contribution in [0, 0.1) is 0 Å². The lowest BCUT2D eigenvalue weighted by molar-refractivity contribution is -0.151. The second-order valence-electron chi connectivity index (χ2n) is 4.73. The van der Waals surface area contributed by atoms with E-state index in [1.165, 1.54) is 19.3 Å². The van der Waals surface area contributed by atoms with Crippen molar-refractivity contribution < 1.29 is 33.7 Å². The third-order valence-corrected chi connectivity index (χ3v) is 2.80. The number of ketones is 1. The zero-order chi connectivity index (χ0) is 16.6. The minimum Gasteiger partial charge on any atom is -0.476 e. The van der Waals surface area contributed by atoms with Gasteiger partial charge in [0.1, 0.15) is 6.61 Å². The van der Waals surface area contributed by atoms with Gasteiger partial charge < -0.3 is 19.3 Å². The fourth-order valence-corrected chi connectivity index (χ4v) is 1.56. The van der Waals surface area contributed by atoms with Crippen LogP contribution in [-0.2, 0) is 28.6 Å². The quantitative estimate of drug-likeness (QED) is 0.278. The summed E-state index contributed by atoms with van der Waals surface area (Å²) in [5.41, 5.74) is 0. The fourth-order valence-electron chi connectivity index (χ4n) is 1.56. The predicted molar refractivity (Wildman–Crippen MR) is 78.6 cm³/mol. The number of hydrogen-bond donors (Lipinski definition) is 1. The van der Waals surface area contributed by atoms with Gasteiger partial charge in [-0.2, -0.15) is 0 Å². The third kappa shape index (κ3) is 13.5. The summed E-state index contributed by atoms with van der Waals surface area (Å²) < 4.78 is 15.4. The largest absolute Gasteiger partial charge is 0.476 e. The van der Waals surface area contributed by atoms with E-state index >= 15 is 0 Å². The Bertz CT molecular complexity index is 328. The van der Waals surface area contributed by atoms with E-state index in [0.29, 0.717) is 13.2 Å². The third-order valence-electron chi connectivity index (χ3n) is 2.80. The van der Waals surface area contributed by atoms with Gasteiger partial charge in [0.15, 0.2) is 0 Å². The standard InChI is InChI=1S/C15H26O7/c1-2-3-4-5-8-20-9-10-21-11-12-22-14(17)7-6-13(16)15(18)19/h2-12H2,1H3,(H,18,19). The zero-order valence-corrected chi connectivity index (χ0v) is 13.2. The molecule has 7 nitrogen and oxygen atoms in total. The Morgan fingerprint density at radius 3 is 2.09 bits per heavy atom. The maximum absolute atomic E-state index is 11.2. The number of rotatable bonds is 15. The Kier molecular flexibility index (Phi) is 13.5. The monoisotopic (exact) mass is 318 g/mol. The van der Waals surface area contributed by atoms with Gasteiger partial charge in [-0.15, -0.1) is 0 Å². The minimum absolute atomic E-state index is 0.0800. The first-order valence-corrected chi connectivity index (χ1v) is 7.65. The Morgan fingerprint density at radius 2 is 1.45 bits per heavy atom. The Balaban J connectivity index is 3.27. The molecule has 0 saturated carbocycles. The van der Waals surface area contributed by atoms with Gasteiger partial charge in [0.25, 0.3) is 0 Å². The van der Waals surface area contributed by atoms with Gasteiger partial charge >= 0.3 is 11.9 Å². The average molecular weight is 318 g/mol. The number of Topliss-reactive ketones (excluding diaryl/α,β-unsaturated/α-hetero) is 1. The highest BCUT2D eigenvalue weighted by Gasteiger charge is 2.13. The molecule has 0 radical (unpaired) electrons. The zero-order valence-electron chi connectivity index (χ0n) is 13.2. The molecule has 128 valence electrons. The van der Waals surface area contributed by atoms with Crippen LogP contribution in [0.2, 0.25) is 0 Å². The van der Waals surface area contributed by atoms with E-state index in [0.717, 1.165) is 13.0 Å². The highest BCUT2D eigenvalue weighted by Crippen LogP contribution is 1.98. The molecule has 0 unspecified atom stereocenters. The number of carboxylic acids is 1. The average Bonchev–Trinajstić information content (AvgIpc) is 2.50. The first-order valence-electron chi connectivity index (χ1n) is 7.65. The Labute approximate surface area is 130 Å². The molecule has 0 aromatic heterocycles. The summed E-state index contributed by atoms with van der Waals surface area (Å²) in [4.78, 5) is 32.2. The fraction of sp³-hybridized carbons (Fsp3) is 0.800. The second kappa shape index (κ2) is 14.5. The molecular weight excluding hydrogens is 292 g/mol. The molecule has 0 aromatic carbocycles. The van der Waals surface area contributed by atoms with Gasteiger partial charge in [-0.05, 0) is 6.42 Å². The molecule has 0 rings (SSSR count). The highest BCUT2D eigenvalue weighted by molar-refractivity contribution is 6.32. The van der Waals surface area contributed by atoms with Crippen molar-refractivity contribution in [1.82, 2.24) is 0 Å². The number of carbonyl (C=O) groups is 3. The lowest BCUT2D eigenvalue weighted by atomic mass is 10.2. The number of aliphatic carboxylic acids is 1. The van der Waals surface area contributed by atoms with Crippen molar-refractivity contribution in [2.45, 2.75) is 45.4 Å². The van der Waals surface area contributed by atoms with Crippen LogP contribution in [0.25, 0.3) is 0 Å². The molecule has 0 aliphatic heterocycles. The molecule has 0 amide bonds. The van der Waals surface area contributed by atoms with Gasteiger partial charge in [0.2, 0.25) is 5.78 Å². The molecule has 0 atom stereocenters. The normalized spacial score (nSPS) is 10.4. The van der Waals surface area contributed by atoms with Crippen LogP contribution in [0.5, 0.6) is 0 Å². The number of esters is 1. The summed E-state index contributed by atoms with van der Waals surface area (Å²) in [5, 5.41) is 8.34. The van der Waals surface area contributed by atoms with E-state index in [2.05, 4.69) is 6.92 Å². The van der Waals surface area contributed by atoms with Gasteiger partial charge in [0, 0.05) is 13.0 Å². The summed E-state index contributed by atoms with van der Waals surface area (Å²) >= 11 is 0. The summed E-state index contributed by atoms with van der Waals surface area (Å²) in [6.07, 6.45) is 4.08. The van der Waals surface area contributed by atoms with Gasteiger partial charge in [0.05, 0.1) is 26.2 Å². The first kappa shape index (κ1) is 20.5. The molecule has 7 heteroatoms. The van der Waals surface area contributed by atoms with Crippen LogP contribution in [0.1, 0.15) is 45.4 Å². The summed E-state index contributed by atoms with van der Waals surface area (Å²) in [5.74, 6) is -3.14. The molecule has 22 heavy (non-hydrogen) atoms. The molecule has 0 bridgehead atoms. The highest BCUT2D eigenvalue weighted by atomic mass is 16.6. The number of unbranched alkanes of at least 4 members (excludes halogenated alkanes) is 3. The molecule has 0 heterocycles. The Morgan fingerprint density at radius 1 is 0.818 bits per heavy atom. The summed E-state index contributed by atoms with van der Waals surface area (Å²) in [6, 6.07) is 0. The SMILES string of the molecule is CCCCCCOCCOCCOC(=O)CCC(=O)C(=O)O. The van der Waals surface area contributed by atoms with Crippen molar-refractivity contribution in [1.29, 1.82) is 0 Å². The Hall–Kier alpha value is -1.47. The minimum atomic E-state index is -1.54. The lowest BCUT2D eigenvalue weighted by Crippen LogP contribution is -2.17. The van der Waals surface area contributed by atoms with E-state index in [1.807, 2.05) is 0 Å². The summed E-state index contributed by atoms with van der Waals surface area (Å²) in [6.45, 7) is 4.16. The van der Waals surface area contributed by atoms with Crippen LogP contribution in [-0.4, -0.2) is 55.9 Å². The number of hydrogen-bond acceptors (Lipinski definition) is 6. The van der Waals surface area contributed by atoms with Crippen molar-refractivity contribution >= 4 is 17.7 Å². The molecule has 0 saturated heterocycles. The van der Waals surface area contributed by atoms with Crippen molar-refractivity contribution in [2.75, 3.05) is 33.0 Å². The molecule has 0 spiro atoms. The molecule has 1 N–H and O–H groups in total. The van der Waals surface area contributed by atoms with Crippen molar-refractivity contribution in [3.8, 4) is 0 Å². The second-order valence-corrected chi connectivity index (χ2v) is 4.73. The van der Waals surface area contributed by atoms with E-state index in [9.17, 15) is 14.4 Å². The number of carbonyl (C=O) groups excluding carboxylic acids is 2. The topological polar surface area (TPSA) is 99.1 Å². The van der Waals surface area contributed by atoms with E-state index in [-0.39, 0.29) is 26.1 Å². The van der Waals surface area contributed by atoms with Crippen LogP contribution in [0.3, 0.4) is 0 Å². The first-order chi connectivity index (χ1) is 10.6. The molecule has 0 aliphatic carbocycles. The van der Waals surface area contributed by atoms with Gasteiger partial charge in [-0.1, -0.05) is 26.2 Å². The van der Waals surface area contributed by atoms with Gasteiger partial charge in [-0.3, -0.25) is 9.59 Å². The van der Waals surface area contributed by atoms with Crippen LogP contribution in [0.4, 0.5) is 0 Å². The van der Waals surface area contributed by atoms with Crippen LogP contribution >= 0.6 is 0 Å². The lowest BCUT2D eigenvalue weighted by Gasteiger charge is -2.06. The predicted octanol–water partition coefficient (Wildman–Crippen LogP) is 1.58. The maximum atomic E-state index is 11.2.